The van der Waals surface area contributed by atoms with E-state index < -0.39 is 0 Å². The first-order valence-electron chi connectivity index (χ1n) is 7.06. The van der Waals surface area contributed by atoms with Crippen LogP contribution in [0.25, 0.3) is 0 Å². The topological polar surface area (TPSA) is 41.5 Å². The van der Waals surface area contributed by atoms with Crippen LogP contribution in [-0.2, 0) is 4.74 Å². The minimum atomic E-state index is 0.0881. The van der Waals surface area contributed by atoms with E-state index in [4.69, 9.17) is 4.74 Å². The highest BCUT2D eigenvalue weighted by molar-refractivity contribution is 4.95. The molecule has 3 nitrogen and oxygen atoms in total. The molecule has 4 atom stereocenters. The fourth-order valence-corrected chi connectivity index (χ4v) is 3.53. The van der Waals surface area contributed by atoms with E-state index in [1.165, 1.54) is 12.8 Å². The molecule has 2 rings (SSSR count). The third-order valence-corrected chi connectivity index (χ3v) is 4.58. The molecule has 0 amide bonds. The van der Waals surface area contributed by atoms with Crippen LogP contribution in [-0.4, -0.2) is 36.0 Å². The summed E-state index contributed by atoms with van der Waals surface area (Å²) in [4.78, 5) is 0. The molecule has 4 unspecified atom stereocenters. The van der Waals surface area contributed by atoms with Gasteiger partial charge in [0.1, 0.15) is 0 Å². The van der Waals surface area contributed by atoms with Crippen molar-refractivity contribution < 1.29 is 9.84 Å². The second-order valence-electron chi connectivity index (χ2n) is 6.35. The molecule has 3 heteroatoms. The molecule has 0 bridgehead atoms. The van der Waals surface area contributed by atoms with Gasteiger partial charge in [-0.15, -0.1) is 0 Å². The van der Waals surface area contributed by atoms with Crippen molar-refractivity contribution in [1.29, 1.82) is 0 Å². The van der Waals surface area contributed by atoms with Gasteiger partial charge in [0.15, 0.2) is 0 Å². The molecule has 1 saturated heterocycles. The van der Waals surface area contributed by atoms with Crippen LogP contribution in [0.1, 0.15) is 52.9 Å². The Bertz CT molecular complexity index is 249. The predicted octanol–water partition coefficient (Wildman–Crippen LogP) is 2.08. The van der Waals surface area contributed by atoms with E-state index in [0.717, 1.165) is 19.3 Å². The Hall–Kier alpha value is -0.120. The Morgan fingerprint density at radius 2 is 1.94 bits per heavy atom. The lowest BCUT2D eigenvalue weighted by molar-refractivity contribution is -0.0463. The number of hydrogen-bond acceptors (Lipinski definition) is 3. The summed E-state index contributed by atoms with van der Waals surface area (Å²) in [5.41, 5.74) is 0.0881. The highest BCUT2D eigenvalue weighted by Crippen LogP contribution is 2.38. The Labute approximate surface area is 105 Å². The lowest BCUT2D eigenvalue weighted by Crippen LogP contribution is -2.50. The quantitative estimate of drug-likeness (QED) is 0.795. The van der Waals surface area contributed by atoms with Gasteiger partial charge in [0.25, 0.3) is 0 Å². The van der Waals surface area contributed by atoms with Crippen LogP contribution in [0.2, 0.25) is 0 Å². The zero-order valence-electron chi connectivity index (χ0n) is 11.4. The molecular weight excluding hydrogens is 214 g/mol. The number of aliphatic hydroxyl groups is 1. The van der Waals surface area contributed by atoms with Crippen molar-refractivity contribution in [3.05, 3.63) is 0 Å². The van der Waals surface area contributed by atoms with E-state index >= 15 is 0 Å². The van der Waals surface area contributed by atoms with E-state index in [1.807, 2.05) is 0 Å². The standard InChI is InChI=1S/C14H27NO2/c1-10-7-12(8-11(2)17-10)15-13-5-4-6-14(13,3)9-16/h10-13,15-16H,4-9H2,1-3H3. The van der Waals surface area contributed by atoms with Crippen molar-refractivity contribution in [1.82, 2.24) is 5.32 Å². The minimum Gasteiger partial charge on any atom is -0.396 e. The van der Waals surface area contributed by atoms with Crippen molar-refractivity contribution >= 4 is 0 Å². The molecule has 1 aliphatic carbocycles. The molecule has 2 aliphatic rings. The van der Waals surface area contributed by atoms with Crippen LogP contribution >= 0.6 is 0 Å². The average molecular weight is 241 g/mol. The smallest absolute Gasteiger partial charge is 0.0565 e. The van der Waals surface area contributed by atoms with Crippen LogP contribution in [0.3, 0.4) is 0 Å². The zero-order valence-corrected chi connectivity index (χ0v) is 11.4. The molecule has 0 aromatic rings. The van der Waals surface area contributed by atoms with Gasteiger partial charge in [0, 0.05) is 24.1 Å². The first-order chi connectivity index (χ1) is 8.03. The molecule has 2 fully saturated rings. The first-order valence-corrected chi connectivity index (χ1v) is 7.06. The van der Waals surface area contributed by atoms with E-state index in [9.17, 15) is 5.11 Å². The summed E-state index contributed by atoms with van der Waals surface area (Å²) in [7, 11) is 0. The van der Waals surface area contributed by atoms with E-state index in [-0.39, 0.29) is 5.41 Å². The number of nitrogens with one attached hydrogen (secondary N) is 1. The monoisotopic (exact) mass is 241 g/mol. The maximum absolute atomic E-state index is 9.56. The first kappa shape index (κ1) is 13.3. The summed E-state index contributed by atoms with van der Waals surface area (Å²) < 4.78 is 5.77. The third kappa shape index (κ3) is 3.01. The molecule has 0 spiro atoms. The van der Waals surface area contributed by atoms with Crippen molar-refractivity contribution in [2.24, 2.45) is 5.41 Å². The molecule has 0 aromatic heterocycles. The summed E-state index contributed by atoms with van der Waals surface area (Å²) in [6, 6.07) is 1.04. The zero-order chi connectivity index (χ0) is 12.5. The lowest BCUT2D eigenvalue weighted by atomic mass is 9.84. The minimum absolute atomic E-state index is 0.0881. The Balaban J connectivity index is 1.92. The summed E-state index contributed by atoms with van der Waals surface area (Å²) in [6.07, 6.45) is 6.51. The summed E-state index contributed by atoms with van der Waals surface area (Å²) >= 11 is 0. The molecule has 0 radical (unpaired) electrons. The largest absolute Gasteiger partial charge is 0.396 e. The number of aliphatic hydroxyl groups excluding tert-OH is 1. The molecular formula is C14H27NO2. The Morgan fingerprint density at radius 1 is 1.29 bits per heavy atom. The van der Waals surface area contributed by atoms with Crippen LogP contribution in [0, 0.1) is 5.41 Å². The van der Waals surface area contributed by atoms with Crippen LogP contribution in [0.4, 0.5) is 0 Å². The molecule has 1 saturated carbocycles. The van der Waals surface area contributed by atoms with E-state index in [1.54, 1.807) is 0 Å². The molecule has 2 N–H and O–H groups in total. The van der Waals surface area contributed by atoms with Crippen LogP contribution in [0.15, 0.2) is 0 Å². The van der Waals surface area contributed by atoms with Gasteiger partial charge >= 0.3 is 0 Å². The molecule has 1 heterocycles. The second kappa shape index (κ2) is 5.25. The maximum Gasteiger partial charge on any atom is 0.0565 e. The van der Waals surface area contributed by atoms with Crippen LogP contribution in [0.5, 0.6) is 0 Å². The highest BCUT2D eigenvalue weighted by atomic mass is 16.5. The van der Waals surface area contributed by atoms with Crippen LogP contribution < -0.4 is 5.32 Å². The van der Waals surface area contributed by atoms with E-state index in [0.29, 0.717) is 30.9 Å². The van der Waals surface area contributed by atoms with Gasteiger partial charge in [0.05, 0.1) is 12.2 Å². The Morgan fingerprint density at radius 3 is 2.53 bits per heavy atom. The van der Waals surface area contributed by atoms with Gasteiger partial charge in [-0.05, 0) is 39.5 Å². The number of ether oxygens (including phenoxy) is 1. The average Bonchev–Trinajstić information content (AvgIpc) is 2.60. The summed E-state index contributed by atoms with van der Waals surface area (Å²) in [5, 5.41) is 13.3. The predicted molar refractivity (Wildman–Crippen MR) is 69.0 cm³/mol. The van der Waals surface area contributed by atoms with E-state index in [2.05, 4.69) is 26.1 Å². The lowest BCUT2D eigenvalue weighted by Gasteiger charge is -2.38. The highest BCUT2D eigenvalue weighted by Gasteiger charge is 2.39. The van der Waals surface area contributed by atoms with Gasteiger partial charge in [-0.1, -0.05) is 13.3 Å². The fourth-order valence-electron chi connectivity index (χ4n) is 3.53. The van der Waals surface area contributed by atoms with Crippen molar-refractivity contribution in [3.63, 3.8) is 0 Å². The van der Waals surface area contributed by atoms with Crippen molar-refractivity contribution in [2.75, 3.05) is 6.61 Å². The molecule has 0 aromatic carbocycles. The third-order valence-electron chi connectivity index (χ3n) is 4.58. The summed E-state index contributed by atoms with van der Waals surface area (Å²) in [6.45, 7) is 6.83. The van der Waals surface area contributed by atoms with Gasteiger partial charge in [-0.3, -0.25) is 0 Å². The SMILES string of the molecule is CC1CC(NC2CCCC2(C)CO)CC(C)O1. The van der Waals surface area contributed by atoms with Gasteiger partial charge in [-0.25, -0.2) is 0 Å². The second-order valence-corrected chi connectivity index (χ2v) is 6.35. The fraction of sp³-hybridized carbons (Fsp3) is 1.00. The molecule has 17 heavy (non-hydrogen) atoms. The maximum atomic E-state index is 9.56. The normalized spacial score (nSPS) is 47.3. The number of rotatable bonds is 3. The van der Waals surface area contributed by atoms with Crippen molar-refractivity contribution in [2.45, 2.75) is 77.2 Å². The van der Waals surface area contributed by atoms with Gasteiger partial charge in [-0.2, -0.15) is 0 Å². The molecule has 1 aliphatic heterocycles. The van der Waals surface area contributed by atoms with Crippen molar-refractivity contribution in [3.8, 4) is 0 Å². The number of hydrogen-bond donors (Lipinski definition) is 2. The Kier molecular flexibility index (Phi) is 4.11. The van der Waals surface area contributed by atoms with Gasteiger partial charge < -0.3 is 15.2 Å². The summed E-state index contributed by atoms with van der Waals surface area (Å²) in [5.74, 6) is 0. The molecule has 100 valence electrons. The van der Waals surface area contributed by atoms with Gasteiger partial charge in [0.2, 0.25) is 0 Å².